The van der Waals surface area contributed by atoms with Crippen molar-refractivity contribution in [1.82, 2.24) is 0 Å². The van der Waals surface area contributed by atoms with Crippen LogP contribution in [-0.2, 0) is 15.2 Å². The van der Waals surface area contributed by atoms with Gasteiger partial charge in [-0.1, -0.05) is 48.5 Å². The number of amides is 2. The number of benzene rings is 2. The first-order chi connectivity index (χ1) is 14.5. The van der Waals surface area contributed by atoms with Gasteiger partial charge in [0.1, 0.15) is 5.60 Å². The van der Waals surface area contributed by atoms with Crippen LogP contribution in [0.15, 0.2) is 71.8 Å². The normalized spacial score (nSPS) is 25.8. The Hall–Kier alpha value is -2.53. The van der Waals surface area contributed by atoms with Gasteiger partial charge in [-0.15, -0.1) is 23.5 Å². The van der Waals surface area contributed by atoms with Gasteiger partial charge in [0.25, 0.3) is 0 Å². The fourth-order valence-corrected chi connectivity index (χ4v) is 6.40. The summed E-state index contributed by atoms with van der Waals surface area (Å²) < 4.78 is -0.263. The largest absolute Gasteiger partial charge is 0.380 e. The van der Waals surface area contributed by atoms with Crippen molar-refractivity contribution in [3.8, 4) is 6.07 Å². The Morgan fingerprint density at radius 2 is 1.57 bits per heavy atom. The minimum atomic E-state index is -1.73. The monoisotopic (exact) mass is 436 g/mol. The van der Waals surface area contributed by atoms with Crippen LogP contribution >= 0.6 is 23.5 Å². The minimum Gasteiger partial charge on any atom is -0.380 e. The standard InChI is InChI=1S/C23H20N2O3S2/c1-29-22(30-2)18-16(13-24)17-19(23(18,28)14-9-5-3-6-10-14)21(27)25(20(17)26)15-11-7-4-8-12-15/h3-12,17,19,22,28H,1-2H3/t17-,19+,23+/m1/s1. The van der Waals surface area contributed by atoms with E-state index in [9.17, 15) is 20.0 Å². The molecule has 1 heterocycles. The molecule has 1 N–H and O–H groups in total. The van der Waals surface area contributed by atoms with E-state index in [1.807, 2.05) is 18.6 Å². The van der Waals surface area contributed by atoms with E-state index < -0.39 is 29.3 Å². The van der Waals surface area contributed by atoms with Gasteiger partial charge < -0.3 is 5.11 Å². The molecule has 2 aliphatic rings. The smallest absolute Gasteiger partial charge is 0.243 e. The van der Waals surface area contributed by atoms with Gasteiger partial charge in [0, 0.05) is 11.1 Å². The van der Waals surface area contributed by atoms with E-state index in [1.165, 1.54) is 23.5 Å². The third-order valence-corrected chi connectivity index (χ3v) is 8.26. The fraction of sp³-hybridized carbons (Fsp3) is 0.261. The third kappa shape index (κ3) is 2.83. The zero-order valence-corrected chi connectivity index (χ0v) is 18.1. The predicted octanol–water partition coefficient (Wildman–Crippen LogP) is 3.57. The number of thioether (sulfide) groups is 2. The highest BCUT2D eigenvalue weighted by atomic mass is 32.2. The number of aliphatic hydroxyl groups is 1. The molecule has 0 bridgehead atoms. The Morgan fingerprint density at radius 1 is 1.00 bits per heavy atom. The molecule has 0 unspecified atom stereocenters. The maximum atomic E-state index is 13.6. The van der Waals surface area contributed by atoms with E-state index in [-0.39, 0.29) is 10.2 Å². The molecule has 1 saturated heterocycles. The second-order valence-electron chi connectivity index (χ2n) is 7.18. The van der Waals surface area contributed by atoms with Crippen molar-refractivity contribution in [2.75, 3.05) is 17.4 Å². The van der Waals surface area contributed by atoms with Crippen LogP contribution in [0.5, 0.6) is 0 Å². The van der Waals surface area contributed by atoms with Crippen LogP contribution in [0.3, 0.4) is 0 Å². The fourth-order valence-electron chi connectivity index (χ4n) is 4.55. The molecule has 1 aliphatic heterocycles. The first-order valence-electron chi connectivity index (χ1n) is 9.41. The number of rotatable bonds is 5. The number of para-hydroxylation sites is 1. The van der Waals surface area contributed by atoms with Crippen LogP contribution in [0, 0.1) is 23.2 Å². The van der Waals surface area contributed by atoms with Crippen LogP contribution in [0.2, 0.25) is 0 Å². The number of hydrogen-bond donors (Lipinski definition) is 1. The highest BCUT2D eigenvalue weighted by Crippen LogP contribution is 2.58. The molecular formula is C23H20N2O3S2. The molecule has 30 heavy (non-hydrogen) atoms. The summed E-state index contributed by atoms with van der Waals surface area (Å²) in [5.74, 6) is -3.01. The number of nitrogens with zero attached hydrogens (tertiary/aromatic N) is 2. The predicted molar refractivity (Wildman–Crippen MR) is 120 cm³/mol. The second-order valence-corrected chi connectivity index (χ2v) is 9.36. The SMILES string of the molecule is CSC(SC)C1=C(C#N)[C@H]2C(=O)N(c3ccccc3)C(=O)[C@H]2[C@]1(O)c1ccccc1. The summed E-state index contributed by atoms with van der Waals surface area (Å²) in [6.07, 6.45) is 3.78. The molecule has 0 aromatic heterocycles. The zero-order chi connectivity index (χ0) is 21.5. The Morgan fingerprint density at radius 3 is 2.10 bits per heavy atom. The Bertz CT molecular complexity index is 1060. The van der Waals surface area contributed by atoms with E-state index >= 15 is 0 Å². The topological polar surface area (TPSA) is 81.4 Å². The molecule has 4 rings (SSSR count). The number of fused-ring (bicyclic) bond motifs is 1. The van der Waals surface area contributed by atoms with Crippen molar-refractivity contribution < 1.29 is 14.7 Å². The summed E-state index contributed by atoms with van der Waals surface area (Å²) in [5, 5.41) is 22.2. The van der Waals surface area contributed by atoms with Gasteiger partial charge in [0.2, 0.25) is 11.8 Å². The van der Waals surface area contributed by atoms with E-state index in [2.05, 4.69) is 6.07 Å². The number of anilines is 1. The molecule has 3 atom stereocenters. The number of carbonyl (C=O) groups is 2. The molecule has 2 aromatic rings. The molecule has 152 valence electrons. The summed E-state index contributed by atoms with van der Waals surface area (Å²) in [6.45, 7) is 0. The van der Waals surface area contributed by atoms with E-state index in [0.717, 1.165) is 4.90 Å². The van der Waals surface area contributed by atoms with Gasteiger partial charge in [-0.05, 0) is 30.2 Å². The van der Waals surface area contributed by atoms with Crippen LogP contribution < -0.4 is 4.90 Å². The molecular weight excluding hydrogens is 416 g/mol. The summed E-state index contributed by atoms with van der Waals surface area (Å²) in [5.41, 5.74) is -0.103. The van der Waals surface area contributed by atoms with Crippen molar-refractivity contribution >= 4 is 41.0 Å². The Kier molecular flexibility index (Phi) is 5.49. The average Bonchev–Trinajstić information content (AvgIpc) is 3.21. The van der Waals surface area contributed by atoms with Gasteiger partial charge in [-0.25, -0.2) is 4.90 Å². The van der Waals surface area contributed by atoms with Crippen LogP contribution in [0.4, 0.5) is 5.69 Å². The minimum absolute atomic E-state index is 0.205. The lowest BCUT2D eigenvalue weighted by Gasteiger charge is -2.35. The van der Waals surface area contributed by atoms with E-state index in [1.54, 1.807) is 54.6 Å². The zero-order valence-electron chi connectivity index (χ0n) is 16.5. The van der Waals surface area contributed by atoms with Crippen molar-refractivity contribution in [3.63, 3.8) is 0 Å². The number of nitriles is 1. The lowest BCUT2D eigenvalue weighted by Crippen LogP contribution is -2.43. The van der Waals surface area contributed by atoms with Gasteiger partial charge >= 0.3 is 0 Å². The Labute approximate surface area is 183 Å². The molecule has 0 radical (unpaired) electrons. The molecule has 1 aliphatic carbocycles. The molecule has 2 amide bonds. The first kappa shape index (κ1) is 20.7. The molecule has 5 nitrogen and oxygen atoms in total. The summed E-state index contributed by atoms with van der Waals surface area (Å²) in [6, 6.07) is 19.7. The summed E-state index contributed by atoms with van der Waals surface area (Å²) in [4.78, 5) is 28.1. The molecule has 2 aromatic carbocycles. The summed E-state index contributed by atoms with van der Waals surface area (Å²) >= 11 is 2.96. The van der Waals surface area contributed by atoms with Crippen molar-refractivity contribution in [3.05, 3.63) is 77.4 Å². The second kappa shape index (κ2) is 7.95. The lowest BCUT2D eigenvalue weighted by molar-refractivity contribution is -0.127. The van der Waals surface area contributed by atoms with Crippen LogP contribution in [0.25, 0.3) is 0 Å². The number of carbonyl (C=O) groups excluding carboxylic acids is 2. The van der Waals surface area contributed by atoms with Crippen LogP contribution in [-0.4, -0.2) is 34.0 Å². The maximum absolute atomic E-state index is 13.6. The third-order valence-electron chi connectivity index (χ3n) is 5.78. The molecule has 0 saturated carbocycles. The van der Waals surface area contributed by atoms with Crippen LogP contribution in [0.1, 0.15) is 5.56 Å². The highest BCUT2D eigenvalue weighted by molar-refractivity contribution is 8.16. The molecule has 0 spiro atoms. The van der Waals surface area contributed by atoms with E-state index in [4.69, 9.17) is 0 Å². The van der Waals surface area contributed by atoms with Gasteiger partial charge in [0.05, 0.1) is 28.2 Å². The summed E-state index contributed by atoms with van der Waals surface area (Å²) in [7, 11) is 0. The first-order valence-corrected chi connectivity index (χ1v) is 12.0. The van der Waals surface area contributed by atoms with Crippen molar-refractivity contribution in [1.29, 1.82) is 5.26 Å². The van der Waals surface area contributed by atoms with E-state index in [0.29, 0.717) is 16.8 Å². The maximum Gasteiger partial charge on any atom is 0.243 e. The molecule has 1 fully saturated rings. The van der Waals surface area contributed by atoms with Crippen molar-refractivity contribution in [2.24, 2.45) is 11.8 Å². The van der Waals surface area contributed by atoms with Gasteiger partial charge in [0.15, 0.2) is 0 Å². The Balaban J connectivity index is 1.97. The number of hydrogen-bond acceptors (Lipinski definition) is 6. The number of imide groups is 1. The lowest BCUT2D eigenvalue weighted by atomic mass is 9.78. The van der Waals surface area contributed by atoms with Gasteiger partial charge in [-0.3, -0.25) is 9.59 Å². The quantitative estimate of drug-likeness (QED) is 0.570. The van der Waals surface area contributed by atoms with Gasteiger partial charge in [-0.2, -0.15) is 5.26 Å². The highest BCUT2D eigenvalue weighted by Gasteiger charge is 2.66. The molecule has 7 heteroatoms. The average molecular weight is 437 g/mol. The van der Waals surface area contributed by atoms with Crippen molar-refractivity contribution in [2.45, 2.75) is 10.2 Å².